The van der Waals surface area contributed by atoms with Gasteiger partial charge >= 0.3 is 0 Å². The van der Waals surface area contributed by atoms with Crippen LogP contribution in [0.5, 0.6) is 0 Å². The SMILES string of the molecule is C=CCOCC=C.CCCO[SH](=O)=O. The van der Waals surface area contributed by atoms with Crippen molar-refractivity contribution in [2.75, 3.05) is 19.8 Å². The van der Waals surface area contributed by atoms with Gasteiger partial charge < -0.3 is 4.74 Å². The van der Waals surface area contributed by atoms with Crippen LogP contribution in [0, 0.1) is 0 Å². The van der Waals surface area contributed by atoms with Gasteiger partial charge in [-0.2, -0.15) is 0 Å². The molecule has 0 aromatic rings. The molecule has 0 saturated carbocycles. The molecule has 5 heteroatoms. The topological polar surface area (TPSA) is 52.6 Å². The summed E-state index contributed by atoms with van der Waals surface area (Å²) in [6, 6.07) is 0. The Morgan fingerprint density at radius 3 is 1.93 bits per heavy atom. The van der Waals surface area contributed by atoms with Crippen LogP contribution >= 0.6 is 0 Å². The summed E-state index contributed by atoms with van der Waals surface area (Å²) < 4.78 is 28.2. The Morgan fingerprint density at radius 2 is 1.71 bits per heavy atom. The summed E-state index contributed by atoms with van der Waals surface area (Å²) in [6.07, 6.45) is 4.16. The van der Waals surface area contributed by atoms with Crippen LogP contribution in [-0.4, -0.2) is 28.2 Å². The Hall–Kier alpha value is -0.650. The molecule has 0 bridgehead atoms. The van der Waals surface area contributed by atoms with Crippen molar-refractivity contribution in [3.05, 3.63) is 25.3 Å². The highest BCUT2D eigenvalue weighted by Gasteiger charge is 1.79. The third-order valence-corrected chi connectivity index (χ3v) is 1.27. The first-order valence-electron chi connectivity index (χ1n) is 4.25. The highest BCUT2D eigenvalue weighted by Crippen LogP contribution is 1.76. The molecule has 0 rings (SSSR count). The summed E-state index contributed by atoms with van der Waals surface area (Å²) in [5.41, 5.74) is 0. The monoisotopic (exact) mass is 222 g/mol. The van der Waals surface area contributed by atoms with Gasteiger partial charge in [0.1, 0.15) is 0 Å². The molecule has 0 atom stereocenters. The second-order valence-corrected chi connectivity index (χ2v) is 2.88. The van der Waals surface area contributed by atoms with Gasteiger partial charge in [0, 0.05) is 0 Å². The van der Waals surface area contributed by atoms with E-state index in [1.54, 1.807) is 12.2 Å². The van der Waals surface area contributed by atoms with E-state index in [2.05, 4.69) is 17.3 Å². The second kappa shape index (κ2) is 14.9. The molecule has 0 fully saturated rings. The maximum atomic E-state index is 9.57. The van der Waals surface area contributed by atoms with Crippen LogP contribution in [0.1, 0.15) is 13.3 Å². The molecule has 0 radical (unpaired) electrons. The predicted molar refractivity (Wildman–Crippen MR) is 57.8 cm³/mol. The summed E-state index contributed by atoms with van der Waals surface area (Å²) in [5, 5.41) is 0. The van der Waals surface area contributed by atoms with Crippen molar-refractivity contribution in [1.29, 1.82) is 0 Å². The lowest BCUT2D eigenvalue weighted by molar-refractivity contribution is 0.194. The van der Waals surface area contributed by atoms with Crippen molar-refractivity contribution < 1.29 is 17.3 Å². The van der Waals surface area contributed by atoms with Gasteiger partial charge in [0.15, 0.2) is 0 Å². The lowest BCUT2D eigenvalue weighted by Crippen LogP contribution is -1.87. The van der Waals surface area contributed by atoms with Gasteiger partial charge in [-0.05, 0) is 6.42 Å². The van der Waals surface area contributed by atoms with Gasteiger partial charge in [0.05, 0.1) is 19.8 Å². The van der Waals surface area contributed by atoms with E-state index >= 15 is 0 Å². The molecule has 0 spiro atoms. The van der Waals surface area contributed by atoms with Gasteiger partial charge in [0.25, 0.3) is 11.0 Å². The van der Waals surface area contributed by atoms with Crippen molar-refractivity contribution in [2.24, 2.45) is 0 Å². The number of hydrogen-bond acceptors (Lipinski definition) is 4. The summed E-state index contributed by atoms with van der Waals surface area (Å²) >= 11 is 0. The van der Waals surface area contributed by atoms with E-state index in [-0.39, 0.29) is 0 Å². The van der Waals surface area contributed by atoms with Gasteiger partial charge in [-0.3, -0.25) is 4.18 Å². The third kappa shape index (κ3) is 22.5. The Bertz CT molecular complexity index is 183. The van der Waals surface area contributed by atoms with Crippen LogP contribution in [-0.2, 0) is 19.9 Å². The second-order valence-electron chi connectivity index (χ2n) is 2.17. The predicted octanol–water partition coefficient (Wildman–Crippen LogP) is 1.31. The first-order valence-corrected chi connectivity index (χ1v) is 5.35. The standard InChI is InChI=1S/C6H10O.C3H8O3S/c1-3-5-7-6-4-2;1-2-3-6-7(4)5/h3-4H,1-2,5-6H2;7H,2-3H2,1H3. The van der Waals surface area contributed by atoms with E-state index in [9.17, 15) is 8.42 Å². The van der Waals surface area contributed by atoms with E-state index in [0.717, 1.165) is 6.42 Å². The van der Waals surface area contributed by atoms with E-state index in [1.807, 2.05) is 6.92 Å². The van der Waals surface area contributed by atoms with Crippen molar-refractivity contribution in [3.63, 3.8) is 0 Å². The largest absolute Gasteiger partial charge is 0.373 e. The van der Waals surface area contributed by atoms with Crippen LogP contribution < -0.4 is 0 Å². The summed E-state index contributed by atoms with van der Waals surface area (Å²) in [5.74, 6) is 0. The van der Waals surface area contributed by atoms with Gasteiger partial charge in [-0.15, -0.1) is 13.2 Å². The zero-order valence-electron chi connectivity index (χ0n) is 8.48. The highest BCUT2D eigenvalue weighted by atomic mass is 32.2. The minimum Gasteiger partial charge on any atom is -0.373 e. The number of rotatable bonds is 7. The summed E-state index contributed by atoms with van der Waals surface area (Å²) in [7, 11) is -2.61. The zero-order valence-corrected chi connectivity index (χ0v) is 9.37. The van der Waals surface area contributed by atoms with Crippen molar-refractivity contribution in [1.82, 2.24) is 0 Å². The highest BCUT2D eigenvalue weighted by molar-refractivity contribution is 7.67. The molecule has 0 N–H and O–H groups in total. The van der Waals surface area contributed by atoms with Crippen LogP contribution in [0.25, 0.3) is 0 Å². The molecule has 0 unspecified atom stereocenters. The average molecular weight is 222 g/mol. The zero-order chi connectivity index (χ0) is 11.2. The molecule has 0 aromatic carbocycles. The van der Waals surface area contributed by atoms with Gasteiger partial charge in [0.2, 0.25) is 0 Å². The van der Waals surface area contributed by atoms with Crippen molar-refractivity contribution in [3.8, 4) is 0 Å². The Kier molecular flexibility index (Phi) is 16.8. The minimum atomic E-state index is -2.61. The Labute approximate surface area is 87.4 Å². The number of thiol groups is 1. The average Bonchev–Trinajstić information content (AvgIpc) is 2.16. The fourth-order valence-corrected chi connectivity index (χ4v) is 0.732. The molecule has 0 saturated heterocycles. The normalized spacial score (nSPS) is 9.00. The van der Waals surface area contributed by atoms with Crippen molar-refractivity contribution in [2.45, 2.75) is 13.3 Å². The quantitative estimate of drug-likeness (QED) is 0.401. The first-order chi connectivity index (χ1) is 6.68. The molecule has 0 amide bonds. The number of ether oxygens (including phenoxy) is 1. The minimum absolute atomic E-state index is 0.304. The maximum absolute atomic E-state index is 9.57. The molecule has 0 aliphatic heterocycles. The first kappa shape index (κ1) is 15.8. The smallest absolute Gasteiger partial charge is 0.257 e. The number of hydrogen-bond donors (Lipinski definition) is 1. The Morgan fingerprint density at radius 1 is 1.21 bits per heavy atom. The molecule has 14 heavy (non-hydrogen) atoms. The molecular formula is C9H18O4S. The molecule has 0 aliphatic rings. The molecular weight excluding hydrogens is 204 g/mol. The lowest BCUT2D eigenvalue weighted by atomic mass is 10.5. The fourth-order valence-electron chi connectivity index (χ4n) is 0.401. The maximum Gasteiger partial charge on any atom is 0.257 e. The van der Waals surface area contributed by atoms with Crippen LogP contribution in [0.3, 0.4) is 0 Å². The van der Waals surface area contributed by atoms with Crippen LogP contribution in [0.15, 0.2) is 25.3 Å². The molecule has 84 valence electrons. The molecule has 4 nitrogen and oxygen atoms in total. The van der Waals surface area contributed by atoms with Crippen LogP contribution in [0.4, 0.5) is 0 Å². The van der Waals surface area contributed by atoms with Crippen LogP contribution in [0.2, 0.25) is 0 Å². The van der Waals surface area contributed by atoms with E-state index in [4.69, 9.17) is 4.74 Å². The van der Waals surface area contributed by atoms with E-state index in [0.29, 0.717) is 19.8 Å². The lowest BCUT2D eigenvalue weighted by Gasteiger charge is -1.89. The van der Waals surface area contributed by atoms with E-state index < -0.39 is 11.0 Å². The summed E-state index contributed by atoms with van der Waals surface area (Å²) in [6.45, 7) is 10.3. The molecule has 0 aliphatic carbocycles. The summed E-state index contributed by atoms with van der Waals surface area (Å²) in [4.78, 5) is 0. The fraction of sp³-hybridized carbons (Fsp3) is 0.556. The van der Waals surface area contributed by atoms with Gasteiger partial charge in [-0.25, -0.2) is 8.42 Å². The third-order valence-electron chi connectivity index (χ3n) is 0.872. The van der Waals surface area contributed by atoms with Crippen molar-refractivity contribution >= 4 is 11.0 Å². The van der Waals surface area contributed by atoms with Gasteiger partial charge in [-0.1, -0.05) is 19.1 Å². The Balaban J connectivity index is 0. The molecule has 0 aromatic heterocycles. The molecule has 0 heterocycles. The van der Waals surface area contributed by atoms with E-state index in [1.165, 1.54) is 0 Å².